The van der Waals surface area contributed by atoms with Crippen molar-refractivity contribution in [2.75, 3.05) is 32.7 Å². The molecule has 0 aliphatic carbocycles. The van der Waals surface area contributed by atoms with Gasteiger partial charge in [0.2, 0.25) is 0 Å². The van der Waals surface area contributed by atoms with Crippen molar-refractivity contribution in [2.24, 2.45) is 5.92 Å². The molecule has 1 saturated heterocycles. The maximum Gasteiger partial charge on any atom is 0.00191 e. The second kappa shape index (κ2) is 8.12. The molecule has 1 fully saturated rings. The van der Waals surface area contributed by atoms with Crippen LogP contribution in [0.4, 0.5) is 0 Å². The van der Waals surface area contributed by atoms with E-state index in [2.05, 4.69) is 24.1 Å². The van der Waals surface area contributed by atoms with E-state index in [0.717, 1.165) is 5.92 Å². The van der Waals surface area contributed by atoms with E-state index in [-0.39, 0.29) is 0 Å². The first-order chi connectivity index (χ1) is 7.33. The molecule has 0 radical (unpaired) electrons. The molecule has 0 aromatic heterocycles. The maximum atomic E-state index is 3.51. The van der Waals surface area contributed by atoms with E-state index < -0.39 is 0 Å². The van der Waals surface area contributed by atoms with Crippen LogP contribution in [-0.2, 0) is 0 Å². The summed E-state index contributed by atoms with van der Waals surface area (Å²) in [7, 11) is 0. The fourth-order valence-electron chi connectivity index (χ4n) is 2.34. The first-order valence-corrected chi connectivity index (χ1v) is 6.76. The molecule has 0 spiro atoms. The molecule has 1 N–H and O–H groups in total. The lowest BCUT2D eigenvalue weighted by Gasteiger charge is -2.28. The van der Waals surface area contributed by atoms with Crippen molar-refractivity contribution >= 4 is 0 Å². The molecule has 1 unspecified atom stereocenters. The van der Waals surface area contributed by atoms with E-state index >= 15 is 0 Å². The Morgan fingerprint density at radius 3 is 2.93 bits per heavy atom. The first kappa shape index (κ1) is 13.0. The summed E-state index contributed by atoms with van der Waals surface area (Å²) in [6.07, 6.45) is 6.89. The third-order valence-electron chi connectivity index (χ3n) is 3.22. The van der Waals surface area contributed by atoms with Gasteiger partial charge in [0.15, 0.2) is 0 Å². The van der Waals surface area contributed by atoms with Gasteiger partial charge in [-0.1, -0.05) is 33.1 Å². The van der Waals surface area contributed by atoms with Gasteiger partial charge in [0.25, 0.3) is 0 Å². The highest BCUT2D eigenvalue weighted by atomic mass is 15.1. The molecule has 0 amide bonds. The van der Waals surface area contributed by atoms with Crippen LogP contribution in [0, 0.1) is 5.92 Å². The summed E-state index contributed by atoms with van der Waals surface area (Å²) in [5.41, 5.74) is 0. The van der Waals surface area contributed by atoms with Gasteiger partial charge in [0, 0.05) is 6.54 Å². The van der Waals surface area contributed by atoms with Crippen molar-refractivity contribution in [3.63, 3.8) is 0 Å². The summed E-state index contributed by atoms with van der Waals surface area (Å²) in [5, 5.41) is 3.51. The summed E-state index contributed by atoms with van der Waals surface area (Å²) < 4.78 is 0. The Morgan fingerprint density at radius 1 is 1.27 bits per heavy atom. The molecule has 2 nitrogen and oxygen atoms in total. The quantitative estimate of drug-likeness (QED) is 0.704. The summed E-state index contributed by atoms with van der Waals surface area (Å²) in [6, 6.07) is 0. The SMILES string of the molecule is CCCCCCN1CCCNCC(C)C1. The van der Waals surface area contributed by atoms with E-state index in [1.165, 1.54) is 64.8 Å². The summed E-state index contributed by atoms with van der Waals surface area (Å²) in [6.45, 7) is 11.0. The zero-order chi connectivity index (χ0) is 10.9. The predicted molar refractivity (Wildman–Crippen MR) is 67.2 cm³/mol. The number of unbranched alkanes of at least 4 members (excludes halogenated alkanes) is 3. The van der Waals surface area contributed by atoms with Crippen molar-refractivity contribution < 1.29 is 0 Å². The van der Waals surface area contributed by atoms with Crippen LogP contribution in [0.25, 0.3) is 0 Å². The molecule has 2 heteroatoms. The molecule has 15 heavy (non-hydrogen) atoms. The second-order valence-electron chi connectivity index (χ2n) is 5.02. The average Bonchev–Trinajstić information content (AvgIpc) is 2.19. The number of hydrogen-bond donors (Lipinski definition) is 1. The van der Waals surface area contributed by atoms with Crippen LogP contribution in [0.5, 0.6) is 0 Å². The van der Waals surface area contributed by atoms with E-state index in [0.29, 0.717) is 0 Å². The van der Waals surface area contributed by atoms with Crippen molar-refractivity contribution in [1.82, 2.24) is 10.2 Å². The Hall–Kier alpha value is -0.0800. The van der Waals surface area contributed by atoms with Gasteiger partial charge >= 0.3 is 0 Å². The van der Waals surface area contributed by atoms with Crippen molar-refractivity contribution in [3.8, 4) is 0 Å². The van der Waals surface area contributed by atoms with Gasteiger partial charge < -0.3 is 10.2 Å². The topological polar surface area (TPSA) is 15.3 Å². The van der Waals surface area contributed by atoms with Gasteiger partial charge in [0.1, 0.15) is 0 Å². The Kier molecular flexibility index (Phi) is 7.03. The molecule has 1 rings (SSSR count). The van der Waals surface area contributed by atoms with E-state index in [9.17, 15) is 0 Å². The van der Waals surface area contributed by atoms with Crippen molar-refractivity contribution in [2.45, 2.75) is 46.0 Å². The molecular formula is C13H28N2. The van der Waals surface area contributed by atoms with Crippen LogP contribution in [0.3, 0.4) is 0 Å². The molecule has 0 aromatic carbocycles. The van der Waals surface area contributed by atoms with Gasteiger partial charge in [0.05, 0.1) is 0 Å². The zero-order valence-corrected chi connectivity index (χ0v) is 10.6. The minimum Gasteiger partial charge on any atom is -0.316 e. The van der Waals surface area contributed by atoms with Gasteiger partial charge in [-0.15, -0.1) is 0 Å². The Bertz CT molecular complexity index is 147. The molecular weight excluding hydrogens is 184 g/mol. The first-order valence-electron chi connectivity index (χ1n) is 6.76. The highest BCUT2D eigenvalue weighted by molar-refractivity contribution is 4.69. The number of hydrogen-bond acceptors (Lipinski definition) is 2. The van der Waals surface area contributed by atoms with Crippen LogP contribution >= 0.6 is 0 Å². The summed E-state index contributed by atoms with van der Waals surface area (Å²) >= 11 is 0. The third kappa shape index (κ3) is 6.16. The smallest absolute Gasteiger partial charge is 0.00191 e. The monoisotopic (exact) mass is 212 g/mol. The summed E-state index contributed by atoms with van der Waals surface area (Å²) in [5.74, 6) is 0.816. The highest BCUT2D eigenvalue weighted by Crippen LogP contribution is 2.06. The molecule has 1 heterocycles. The van der Waals surface area contributed by atoms with Crippen LogP contribution in [0.1, 0.15) is 46.0 Å². The largest absolute Gasteiger partial charge is 0.316 e. The van der Waals surface area contributed by atoms with Crippen molar-refractivity contribution in [3.05, 3.63) is 0 Å². The van der Waals surface area contributed by atoms with Crippen LogP contribution in [-0.4, -0.2) is 37.6 Å². The van der Waals surface area contributed by atoms with Gasteiger partial charge in [-0.25, -0.2) is 0 Å². The molecule has 1 aliphatic rings. The van der Waals surface area contributed by atoms with Gasteiger partial charge in [-0.05, 0) is 44.9 Å². The van der Waals surface area contributed by atoms with E-state index in [1.54, 1.807) is 0 Å². The zero-order valence-electron chi connectivity index (χ0n) is 10.6. The molecule has 1 aliphatic heterocycles. The normalized spacial score (nSPS) is 24.8. The predicted octanol–water partition coefficient (Wildman–Crippen LogP) is 2.50. The van der Waals surface area contributed by atoms with E-state index in [4.69, 9.17) is 0 Å². The Labute approximate surface area is 95.4 Å². The standard InChI is InChI=1S/C13H28N2/c1-3-4-5-6-9-15-10-7-8-14-11-13(2)12-15/h13-14H,3-12H2,1-2H3. The van der Waals surface area contributed by atoms with Crippen LogP contribution < -0.4 is 5.32 Å². The second-order valence-corrected chi connectivity index (χ2v) is 5.02. The minimum absolute atomic E-state index is 0.816. The lowest BCUT2D eigenvalue weighted by Crippen LogP contribution is -2.39. The molecule has 0 bridgehead atoms. The number of nitrogens with zero attached hydrogens (tertiary/aromatic N) is 1. The van der Waals surface area contributed by atoms with Crippen molar-refractivity contribution in [1.29, 1.82) is 0 Å². The van der Waals surface area contributed by atoms with Crippen LogP contribution in [0.15, 0.2) is 0 Å². The van der Waals surface area contributed by atoms with Gasteiger partial charge in [-0.2, -0.15) is 0 Å². The Morgan fingerprint density at radius 2 is 2.13 bits per heavy atom. The maximum absolute atomic E-state index is 3.51. The number of nitrogens with one attached hydrogen (secondary N) is 1. The van der Waals surface area contributed by atoms with E-state index in [1.807, 2.05) is 0 Å². The molecule has 0 saturated carbocycles. The van der Waals surface area contributed by atoms with Gasteiger partial charge in [-0.3, -0.25) is 0 Å². The summed E-state index contributed by atoms with van der Waals surface area (Å²) in [4.78, 5) is 2.67. The average molecular weight is 212 g/mol. The Balaban J connectivity index is 2.13. The molecule has 90 valence electrons. The molecule has 0 aromatic rings. The lowest BCUT2D eigenvalue weighted by molar-refractivity contribution is 0.212. The fraction of sp³-hybridized carbons (Fsp3) is 1.00. The minimum atomic E-state index is 0.816. The van der Waals surface area contributed by atoms with Crippen LogP contribution in [0.2, 0.25) is 0 Å². The lowest BCUT2D eigenvalue weighted by atomic mass is 10.1. The fourth-order valence-corrected chi connectivity index (χ4v) is 2.34. The third-order valence-corrected chi connectivity index (χ3v) is 3.22. The molecule has 1 atom stereocenters. The highest BCUT2D eigenvalue weighted by Gasteiger charge is 2.12. The number of rotatable bonds is 5.